The van der Waals surface area contributed by atoms with Gasteiger partial charge < -0.3 is 9.31 Å². The summed E-state index contributed by atoms with van der Waals surface area (Å²) in [5, 5.41) is 0. The van der Waals surface area contributed by atoms with E-state index >= 15 is 0 Å². The van der Waals surface area contributed by atoms with Crippen LogP contribution in [0.3, 0.4) is 0 Å². The van der Waals surface area contributed by atoms with E-state index in [2.05, 4.69) is 32.6 Å². The molecule has 0 unspecified atom stereocenters. The molecule has 0 atom stereocenters. The Morgan fingerprint density at radius 2 is 1.67 bits per heavy atom. The first kappa shape index (κ1) is 19.2. The van der Waals surface area contributed by atoms with E-state index in [4.69, 9.17) is 9.31 Å². The summed E-state index contributed by atoms with van der Waals surface area (Å²) < 4.78 is 26.4. The molecule has 0 aliphatic carbocycles. The summed E-state index contributed by atoms with van der Waals surface area (Å²) in [6, 6.07) is 3.83. The molecule has 0 saturated carbocycles. The third-order valence-electron chi connectivity index (χ3n) is 4.35. The Bertz CT molecular complexity index is 698. The highest BCUT2D eigenvalue weighted by atomic mass is 32.1. The SMILES string of the molecule is CC(=C(F)B1OC(C)(C)C(C)(C)O1)c1ccc(C#CC(C)(C)C)s1. The second-order valence-electron chi connectivity index (χ2n) is 8.23. The van der Waals surface area contributed by atoms with Crippen LogP contribution >= 0.6 is 11.3 Å². The molecule has 0 spiro atoms. The molecule has 0 radical (unpaired) electrons. The maximum Gasteiger partial charge on any atom is 0.525 e. The molecular weight excluding hydrogens is 322 g/mol. The van der Waals surface area contributed by atoms with Gasteiger partial charge in [0.15, 0.2) is 0 Å². The smallest absolute Gasteiger partial charge is 0.398 e. The van der Waals surface area contributed by atoms with Crippen molar-refractivity contribution in [2.75, 3.05) is 0 Å². The van der Waals surface area contributed by atoms with E-state index in [0.29, 0.717) is 5.57 Å². The molecular formula is C19H26BFO2S. The van der Waals surface area contributed by atoms with Crippen molar-refractivity contribution >= 4 is 24.0 Å². The lowest BCUT2D eigenvalue weighted by molar-refractivity contribution is 0.00578. The van der Waals surface area contributed by atoms with Gasteiger partial charge in [-0.05, 0) is 73.1 Å². The Balaban J connectivity index is 2.25. The summed E-state index contributed by atoms with van der Waals surface area (Å²) >= 11 is 1.49. The van der Waals surface area contributed by atoms with Crippen molar-refractivity contribution in [1.82, 2.24) is 0 Å². The molecule has 2 rings (SSSR count). The van der Waals surface area contributed by atoms with Crippen LogP contribution in [0.4, 0.5) is 4.39 Å². The van der Waals surface area contributed by atoms with E-state index < -0.39 is 18.3 Å². The van der Waals surface area contributed by atoms with Crippen molar-refractivity contribution < 1.29 is 13.7 Å². The summed E-state index contributed by atoms with van der Waals surface area (Å²) in [6.45, 7) is 15.6. The van der Waals surface area contributed by atoms with Gasteiger partial charge in [-0.25, -0.2) is 4.39 Å². The van der Waals surface area contributed by atoms with E-state index in [1.807, 2.05) is 39.8 Å². The Kier molecular flexibility index (Phi) is 5.08. The zero-order chi connectivity index (χ0) is 18.3. The quantitative estimate of drug-likeness (QED) is 0.521. The van der Waals surface area contributed by atoms with E-state index in [1.165, 1.54) is 11.3 Å². The minimum Gasteiger partial charge on any atom is -0.398 e. The van der Waals surface area contributed by atoms with Gasteiger partial charge in [-0.1, -0.05) is 11.8 Å². The Labute approximate surface area is 149 Å². The van der Waals surface area contributed by atoms with Crippen LogP contribution in [0.1, 0.15) is 65.1 Å². The summed E-state index contributed by atoms with van der Waals surface area (Å²) in [5.74, 6) is 6.35. The topological polar surface area (TPSA) is 18.5 Å². The number of hydrogen-bond donors (Lipinski definition) is 0. The largest absolute Gasteiger partial charge is 0.525 e. The molecule has 0 amide bonds. The van der Waals surface area contributed by atoms with Crippen molar-refractivity contribution in [2.24, 2.45) is 5.41 Å². The molecule has 0 N–H and O–H groups in total. The summed E-state index contributed by atoms with van der Waals surface area (Å²) in [4.78, 5) is 1.78. The fourth-order valence-corrected chi connectivity index (χ4v) is 2.96. The van der Waals surface area contributed by atoms with Gasteiger partial charge in [0.2, 0.25) is 0 Å². The number of rotatable bonds is 2. The number of thiophene rings is 1. The molecule has 2 nitrogen and oxygen atoms in total. The second-order valence-corrected chi connectivity index (χ2v) is 9.31. The Morgan fingerprint density at radius 3 is 2.17 bits per heavy atom. The number of allylic oxidation sites excluding steroid dienone is 1. The van der Waals surface area contributed by atoms with Crippen molar-refractivity contribution in [3.05, 3.63) is 27.6 Å². The molecule has 24 heavy (non-hydrogen) atoms. The van der Waals surface area contributed by atoms with E-state index in [-0.39, 0.29) is 11.1 Å². The molecule has 0 bridgehead atoms. The molecule has 1 aromatic heterocycles. The third-order valence-corrected chi connectivity index (χ3v) is 5.47. The first-order valence-electron chi connectivity index (χ1n) is 8.18. The first-order valence-corrected chi connectivity index (χ1v) is 8.99. The number of halogens is 1. The van der Waals surface area contributed by atoms with E-state index in [9.17, 15) is 4.39 Å². The minimum atomic E-state index is -0.957. The summed E-state index contributed by atoms with van der Waals surface area (Å²) in [5.41, 5.74) is -0.973. The van der Waals surface area contributed by atoms with Crippen LogP contribution in [0.15, 0.2) is 17.9 Å². The standard InChI is InChI=1S/C19H26BFO2S/c1-13(15-10-9-14(24-15)11-12-17(2,3)4)16(21)20-22-18(5,6)19(7,8)23-20/h9-10H,1-8H3. The van der Waals surface area contributed by atoms with Crippen LogP contribution in [0.5, 0.6) is 0 Å². The zero-order valence-electron chi connectivity index (χ0n) is 15.8. The zero-order valence-corrected chi connectivity index (χ0v) is 16.7. The fourth-order valence-electron chi connectivity index (χ4n) is 2.10. The van der Waals surface area contributed by atoms with Gasteiger partial charge in [-0.3, -0.25) is 0 Å². The van der Waals surface area contributed by atoms with Crippen molar-refractivity contribution in [3.8, 4) is 11.8 Å². The van der Waals surface area contributed by atoms with Gasteiger partial charge in [0, 0.05) is 10.3 Å². The van der Waals surface area contributed by atoms with Crippen molar-refractivity contribution in [2.45, 2.75) is 66.6 Å². The van der Waals surface area contributed by atoms with Gasteiger partial charge in [0.25, 0.3) is 0 Å². The summed E-state index contributed by atoms with van der Waals surface area (Å²) in [6.07, 6.45) is 0. The average molecular weight is 348 g/mol. The highest BCUT2D eigenvalue weighted by molar-refractivity contribution is 7.13. The highest BCUT2D eigenvalue weighted by Gasteiger charge is 2.53. The lowest BCUT2D eigenvalue weighted by Crippen LogP contribution is -2.41. The Morgan fingerprint density at radius 1 is 1.12 bits per heavy atom. The van der Waals surface area contributed by atoms with Gasteiger partial charge in [0.1, 0.15) is 5.73 Å². The predicted molar refractivity (Wildman–Crippen MR) is 100 cm³/mol. The molecule has 0 aromatic carbocycles. The van der Waals surface area contributed by atoms with Gasteiger partial charge in [0.05, 0.1) is 16.1 Å². The Hall–Kier alpha value is -1.09. The van der Waals surface area contributed by atoms with Crippen molar-refractivity contribution in [1.29, 1.82) is 0 Å². The minimum absolute atomic E-state index is 0.0526. The third kappa shape index (κ3) is 4.11. The number of hydrogen-bond acceptors (Lipinski definition) is 3. The van der Waals surface area contributed by atoms with Crippen molar-refractivity contribution in [3.63, 3.8) is 0 Å². The van der Waals surface area contributed by atoms with Crippen LogP contribution < -0.4 is 0 Å². The van der Waals surface area contributed by atoms with Crippen LogP contribution in [-0.2, 0) is 9.31 Å². The molecule has 1 saturated heterocycles. The highest BCUT2D eigenvalue weighted by Crippen LogP contribution is 2.40. The lowest BCUT2D eigenvalue weighted by Gasteiger charge is -2.32. The van der Waals surface area contributed by atoms with Crippen LogP contribution in [0.2, 0.25) is 0 Å². The molecule has 1 aliphatic heterocycles. The van der Waals surface area contributed by atoms with Crippen LogP contribution in [0.25, 0.3) is 5.57 Å². The van der Waals surface area contributed by atoms with Crippen LogP contribution in [0, 0.1) is 17.3 Å². The second kappa shape index (κ2) is 6.33. The van der Waals surface area contributed by atoms with E-state index in [1.54, 1.807) is 6.92 Å². The molecule has 1 aliphatic rings. The maximum atomic E-state index is 14.9. The summed E-state index contributed by atoms with van der Waals surface area (Å²) in [7, 11) is -0.957. The van der Waals surface area contributed by atoms with Crippen LogP contribution in [-0.4, -0.2) is 18.3 Å². The molecule has 1 fully saturated rings. The average Bonchev–Trinajstić information content (AvgIpc) is 2.97. The molecule has 1 aromatic rings. The molecule has 5 heteroatoms. The van der Waals surface area contributed by atoms with E-state index in [0.717, 1.165) is 9.75 Å². The first-order chi connectivity index (χ1) is 10.8. The predicted octanol–water partition coefficient (Wildman–Crippen LogP) is 5.48. The molecule has 130 valence electrons. The monoisotopic (exact) mass is 348 g/mol. The van der Waals surface area contributed by atoms with Gasteiger partial charge in [-0.15, -0.1) is 11.3 Å². The normalized spacial score (nSPS) is 20.5. The lowest BCUT2D eigenvalue weighted by atomic mass is 9.84. The van der Waals surface area contributed by atoms with Gasteiger partial charge in [-0.2, -0.15) is 0 Å². The fraction of sp³-hybridized carbons (Fsp3) is 0.579. The molecule has 2 heterocycles. The van der Waals surface area contributed by atoms with Gasteiger partial charge >= 0.3 is 7.12 Å². The maximum absolute atomic E-state index is 14.9.